The molecule has 3 amide bonds. The molecule has 216 valence electrons. The topological polar surface area (TPSA) is 116 Å². The van der Waals surface area contributed by atoms with Crippen LogP contribution in [0.1, 0.15) is 78.4 Å². The standard InChI is InChI=1S/C29H38ClFN6O3/c1-18-5-10-35(11-6-18)13-14-36(27(39)25-24(26(32)38)33-17-34-25)20-3-7-29(8-4-20)9-12-37(28(29)40)23-15-19(2)22(31)16-21(23)30/h15-18,20H,3-14H2,1-2H3,(H2,32,38)(H,33,34). The molecular weight excluding hydrogens is 535 g/mol. The van der Waals surface area contributed by atoms with Gasteiger partial charge in [-0.1, -0.05) is 18.5 Å². The minimum absolute atomic E-state index is 0.0174. The Morgan fingerprint density at radius 3 is 2.55 bits per heavy atom. The van der Waals surface area contributed by atoms with E-state index in [0.29, 0.717) is 62.4 Å². The van der Waals surface area contributed by atoms with Gasteiger partial charge in [-0.15, -0.1) is 0 Å². The second kappa shape index (κ2) is 11.5. The minimum Gasteiger partial charge on any atom is -0.364 e. The van der Waals surface area contributed by atoms with E-state index in [4.69, 9.17) is 17.3 Å². The number of aryl methyl sites for hydroxylation is 1. The highest BCUT2D eigenvalue weighted by molar-refractivity contribution is 6.34. The summed E-state index contributed by atoms with van der Waals surface area (Å²) in [6.07, 6.45) is 6.91. The number of piperidine rings is 1. The fraction of sp³-hybridized carbons (Fsp3) is 0.586. The van der Waals surface area contributed by atoms with Crippen LogP contribution in [0.5, 0.6) is 0 Å². The molecule has 0 atom stereocenters. The van der Waals surface area contributed by atoms with Crippen molar-refractivity contribution in [2.75, 3.05) is 37.6 Å². The zero-order valence-electron chi connectivity index (χ0n) is 23.2. The first-order valence-corrected chi connectivity index (χ1v) is 14.6. The largest absolute Gasteiger partial charge is 0.364 e. The molecule has 2 saturated heterocycles. The maximum absolute atomic E-state index is 14.0. The average molecular weight is 573 g/mol. The second-order valence-corrected chi connectivity index (χ2v) is 12.2. The molecule has 3 fully saturated rings. The summed E-state index contributed by atoms with van der Waals surface area (Å²) in [5.41, 5.74) is 6.03. The first-order valence-electron chi connectivity index (χ1n) is 14.2. The Hall–Kier alpha value is -2.98. The van der Waals surface area contributed by atoms with Gasteiger partial charge in [-0.05, 0) is 88.6 Å². The van der Waals surface area contributed by atoms with Crippen LogP contribution in [-0.2, 0) is 4.79 Å². The van der Waals surface area contributed by atoms with Gasteiger partial charge in [-0.2, -0.15) is 0 Å². The molecule has 40 heavy (non-hydrogen) atoms. The number of likely N-dealkylation sites (tertiary alicyclic amines) is 1. The Kier molecular flexibility index (Phi) is 8.20. The number of hydrogen-bond donors (Lipinski definition) is 2. The van der Waals surface area contributed by atoms with Crippen LogP contribution in [0.25, 0.3) is 0 Å². The van der Waals surface area contributed by atoms with Crippen molar-refractivity contribution in [3.8, 4) is 0 Å². The summed E-state index contributed by atoms with van der Waals surface area (Å²) in [7, 11) is 0. The van der Waals surface area contributed by atoms with E-state index in [1.807, 2.05) is 4.90 Å². The smallest absolute Gasteiger partial charge is 0.273 e. The van der Waals surface area contributed by atoms with E-state index in [-0.39, 0.29) is 34.3 Å². The second-order valence-electron chi connectivity index (χ2n) is 11.8. The van der Waals surface area contributed by atoms with E-state index in [1.165, 1.54) is 12.4 Å². The van der Waals surface area contributed by atoms with Crippen LogP contribution in [0.4, 0.5) is 10.1 Å². The predicted octanol–water partition coefficient (Wildman–Crippen LogP) is 4.15. The predicted molar refractivity (Wildman–Crippen MR) is 151 cm³/mol. The fourth-order valence-electron chi connectivity index (χ4n) is 6.60. The lowest BCUT2D eigenvalue weighted by atomic mass is 9.71. The van der Waals surface area contributed by atoms with Crippen molar-refractivity contribution in [1.82, 2.24) is 19.8 Å². The molecule has 11 heteroatoms. The molecule has 2 aliphatic heterocycles. The Labute approximate surface area is 239 Å². The van der Waals surface area contributed by atoms with Crippen molar-refractivity contribution >= 4 is 35.0 Å². The van der Waals surface area contributed by atoms with Gasteiger partial charge >= 0.3 is 0 Å². The highest BCUT2D eigenvalue weighted by atomic mass is 35.5. The minimum atomic E-state index is -0.747. The number of imidazole rings is 1. The van der Waals surface area contributed by atoms with Crippen molar-refractivity contribution in [1.29, 1.82) is 0 Å². The first-order chi connectivity index (χ1) is 19.1. The quantitative estimate of drug-likeness (QED) is 0.517. The molecule has 3 N–H and O–H groups in total. The summed E-state index contributed by atoms with van der Waals surface area (Å²) < 4.78 is 14.0. The Morgan fingerprint density at radius 2 is 1.88 bits per heavy atom. The lowest BCUT2D eigenvalue weighted by Crippen LogP contribution is -2.49. The van der Waals surface area contributed by atoms with Gasteiger partial charge in [-0.25, -0.2) is 9.37 Å². The lowest BCUT2D eigenvalue weighted by molar-refractivity contribution is -0.127. The summed E-state index contributed by atoms with van der Waals surface area (Å²) >= 11 is 6.34. The van der Waals surface area contributed by atoms with Crippen LogP contribution in [0.2, 0.25) is 5.02 Å². The highest BCUT2D eigenvalue weighted by Gasteiger charge is 2.50. The Bertz CT molecular complexity index is 1280. The van der Waals surface area contributed by atoms with Crippen LogP contribution in [0, 0.1) is 24.1 Å². The van der Waals surface area contributed by atoms with E-state index in [0.717, 1.165) is 32.5 Å². The molecule has 1 aromatic heterocycles. The highest BCUT2D eigenvalue weighted by Crippen LogP contribution is 2.48. The van der Waals surface area contributed by atoms with Crippen molar-refractivity contribution in [3.05, 3.63) is 46.3 Å². The van der Waals surface area contributed by atoms with Crippen molar-refractivity contribution < 1.29 is 18.8 Å². The number of rotatable bonds is 7. The van der Waals surface area contributed by atoms with Crippen molar-refractivity contribution in [2.24, 2.45) is 17.1 Å². The number of halogens is 2. The van der Waals surface area contributed by atoms with Gasteiger partial charge in [0.15, 0.2) is 5.69 Å². The fourth-order valence-corrected chi connectivity index (χ4v) is 6.85. The summed E-state index contributed by atoms with van der Waals surface area (Å²) in [5, 5.41) is 0.232. The third-order valence-corrected chi connectivity index (χ3v) is 9.57. The van der Waals surface area contributed by atoms with Gasteiger partial charge in [0.2, 0.25) is 5.91 Å². The van der Waals surface area contributed by atoms with Gasteiger partial charge in [0.05, 0.1) is 22.5 Å². The number of primary amides is 1. The summed E-state index contributed by atoms with van der Waals surface area (Å²) in [6, 6.07) is 2.83. The van der Waals surface area contributed by atoms with Gasteiger partial charge in [0.25, 0.3) is 11.8 Å². The SMILES string of the molecule is Cc1cc(N2CCC3(CCC(N(CCN4CCC(C)CC4)C(=O)c4[nH]cnc4C(N)=O)CC3)C2=O)c(Cl)cc1F. The number of amides is 3. The maximum Gasteiger partial charge on any atom is 0.273 e. The van der Waals surface area contributed by atoms with Gasteiger partial charge < -0.3 is 25.4 Å². The molecule has 0 radical (unpaired) electrons. The number of aromatic nitrogens is 2. The Balaban J connectivity index is 1.31. The lowest BCUT2D eigenvalue weighted by Gasteiger charge is -2.41. The number of carbonyl (C=O) groups excluding carboxylic acids is 3. The third kappa shape index (κ3) is 5.48. The zero-order valence-corrected chi connectivity index (χ0v) is 24.0. The number of hydrogen-bond acceptors (Lipinski definition) is 5. The van der Waals surface area contributed by atoms with E-state index in [9.17, 15) is 18.8 Å². The summed E-state index contributed by atoms with van der Waals surface area (Å²) in [5.74, 6) is -0.696. The van der Waals surface area contributed by atoms with Crippen LogP contribution < -0.4 is 10.6 Å². The molecule has 0 bridgehead atoms. The van der Waals surface area contributed by atoms with E-state index in [2.05, 4.69) is 21.8 Å². The maximum atomic E-state index is 14.0. The van der Waals surface area contributed by atoms with Gasteiger partial charge in [-0.3, -0.25) is 14.4 Å². The number of anilines is 1. The molecule has 1 saturated carbocycles. The molecular formula is C29H38ClFN6O3. The number of H-pyrrole nitrogens is 1. The van der Waals surface area contributed by atoms with Crippen LogP contribution in [-0.4, -0.2) is 76.3 Å². The van der Waals surface area contributed by atoms with Crippen molar-refractivity contribution in [3.63, 3.8) is 0 Å². The zero-order chi connectivity index (χ0) is 28.6. The molecule has 2 aromatic rings. The summed E-state index contributed by atoms with van der Waals surface area (Å²) in [4.78, 5) is 52.2. The number of nitrogens with zero attached hydrogens (tertiary/aromatic N) is 4. The third-order valence-electron chi connectivity index (χ3n) is 9.27. The van der Waals surface area contributed by atoms with E-state index in [1.54, 1.807) is 17.9 Å². The Morgan fingerprint density at radius 1 is 1.18 bits per heavy atom. The molecule has 1 aromatic carbocycles. The van der Waals surface area contributed by atoms with Gasteiger partial charge in [0, 0.05) is 25.7 Å². The van der Waals surface area contributed by atoms with Crippen LogP contribution >= 0.6 is 11.6 Å². The van der Waals surface area contributed by atoms with Crippen molar-refractivity contribution in [2.45, 2.75) is 64.8 Å². The number of carbonyl (C=O) groups is 3. The monoisotopic (exact) mass is 572 g/mol. The molecule has 3 heterocycles. The molecule has 3 aliphatic rings. The van der Waals surface area contributed by atoms with Crippen LogP contribution in [0.3, 0.4) is 0 Å². The number of aromatic amines is 1. The average Bonchev–Trinajstić information content (AvgIpc) is 3.54. The number of nitrogens with one attached hydrogen (secondary N) is 1. The molecule has 5 rings (SSSR count). The molecule has 9 nitrogen and oxygen atoms in total. The first kappa shape index (κ1) is 28.5. The molecule has 0 unspecified atom stereocenters. The van der Waals surface area contributed by atoms with E-state index < -0.39 is 17.1 Å². The van der Waals surface area contributed by atoms with Gasteiger partial charge in [0.1, 0.15) is 11.5 Å². The van der Waals surface area contributed by atoms with Crippen LogP contribution in [0.15, 0.2) is 18.5 Å². The number of benzene rings is 1. The summed E-state index contributed by atoms with van der Waals surface area (Å²) in [6.45, 7) is 7.73. The molecule has 1 spiro atoms. The normalized spacial score (nSPS) is 24.1. The molecule has 1 aliphatic carbocycles. The van der Waals surface area contributed by atoms with E-state index >= 15 is 0 Å². The number of nitrogens with two attached hydrogens (primary N) is 1.